The van der Waals surface area contributed by atoms with Crippen LogP contribution in [-0.4, -0.2) is 46.1 Å². The second kappa shape index (κ2) is 7.51. The molecule has 3 rings (SSSR count). The van der Waals surface area contributed by atoms with Gasteiger partial charge in [0, 0.05) is 0 Å². The maximum absolute atomic E-state index is 13.1. The summed E-state index contributed by atoms with van der Waals surface area (Å²) in [5.41, 5.74) is 3.81. The Bertz CT molecular complexity index is 935. The molecule has 12 heteroatoms. The highest BCUT2D eigenvalue weighted by molar-refractivity contribution is 6.42. The number of alkyl halides is 3. The standard InChI is InChI=1S/C17H14Cl2F3N3O4/c18-8-3-1-6(5-9(8)19)11(23)14(26)24-12-10-4-2-7(17(20,21)22)13(16(28)29)25(10)15(12)27/h1,3,5,10-12H,2,4,23H2,(H,24,26)(H,28,29)/t10-,11-,12+/m1/s1. The normalized spacial score (nSPS) is 22.7. The fraction of sp³-hybridized carbons (Fsp3) is 0.353. The van der Waals surface area contributed by atoms with Gasteiger partial charge < -0.3 is 16.2 Å². The van der Waals surface area contributed by atoms with Crippen LogP contribution in [0.2, 0.25) is 10.0 Å². The lowest BCUT2D eigenvalue weighted by Gasteiger charge is -2.50. The molecule has 0 bridgehead atoms. The first-order valence-electron chi connectivity index (χ1n) is 8.31. The predicted molar refractivity (Wildman–Crippen MR) is 95.9 cm³/mol. The summed E-state index contributed by atoms with van der Waals surface area (Å²) in [4.78, 5) is 36.7. The van der Waals surface area contributed by atoms with Gasteiger partial charge in [-0.25, -0.2) is 4.79 Å². The van der Waals surface area contributed by atoms with E-state index >= 15 is 0 Å². The van der Waals surface area contributed by atoms with Crippen molar-refractivity contribution in [3.05, 3.63) is 45.1 Å². The molecule has 7 nitrogen and oxygen atoms in total. The number of halogens is 5. The molecule has 0 radical (unpaired) electrons. The van der Waals surface area contributed by atoms with Crippen LogP contribution in [-0.2, 0) is 14.4 Å². The molecule has 156 valence electrons. The van der Waals surface area contributed by atoms with Crippen LogP contribution in [0.4, 0.5) is 13.2 Å². The molecule has 0 spiro atoms. The number of hydrogen-bond donors (Lipinski definition) is 3. The van der Waals surface area contributed by atoms with Gasteiger partial charge in [-0.2, -0.15) is 13.2 Å². The van der Waals surface area contributed by atoms with Crippen molar-refractivity contribution in [3.8, 4) is 0 Å². The number of carboxylic acids is 1. The van der Waals surface area contributed by atoms with Crippen molar-refractivity contribution in [2.24, 2.45) is 5.73 Å². The molecule has 29 heavy (non-hydrogen) atoms. The molecule has 2 aliphatic heterocycles. The average Bonchev–Trinajstić information content (AvgIpc) is 2.65. The first kappa shape index (κ1) is 21.4. The number of nitrogens with two attached hydrogens (primary N) is 1. The minimum absolute atomic E-state index is 0.148. The second-order valence-electron chi connectivity index (χ2n) is 6.58. The molecule has 4 N–H and O–H groups in total. The van der Waals surface area contributed by atoms with Crippen molar-refractivity contribution in [2.75, 3.05) is 0 Å². The van der Waals surface area contributed by atoms with E-state index in [1.54, 1.807) is 0 Å². The summed E-state index contributed by atoms with van der Waals surface area (Å²) in [6, 6.07) is 1.01. The Kier molecular flexibility index (Phi) is 5.54. The third-order valence-electron chi connectivity index (χ3n) is 4.86. The van der Waals surface area contributed by atoms with Gasteiger partial charge in [-0.15, -0.1) is 0 Å². The summed E-state index contributed by atoms with van der Waals surface area (Å²) >= 11 is 11.7. The third kappa shape index (κ3) is 3.79. The highest BCUT2D eigenvalue weighted by Crippen LogP contribution is 2.43. The van der Waals surface area contributed by atoms with E-state index < -0.39 is 59.8 Å². The van der Waals surface area contributed by atoms with Crippen LogP contribution in [0.25, 0.3) is 0 Å². The van der Waals surface area contributed by atoms with Crippen molar-refractivity contribution in [1.29, 1.82) is 0 Å². The van der Waals surface area contributed by atoms with Crippen LogP contribution in [0.5, 0.6) is 0 Å². The van der Waals surface area contributed by atoms with Crippen LogP contribution in [0.1, 0.15) is 24.4 Å². The zero-order chi connectivity index (χ0) is 21.7. The number of fused-ring (bicyclic) bond motifs is 1. The summed E-state index contributed by atoms with van der Waals surface area (Å²) in [6.07, 6.45) is -5.60. The van der Waals surface area contributed by atoms with Crippen molar-refractivity contribution in [1.82, 2.24) is 10.2 Å². The molecular weight excluding hydrogens is 438 g/mol. The highest BCUT2D eigenvalue weighted by atomic mass is 35.5. The Hall–Kier alpha value is -2.30. The highest BCUT2D eigenvalue weighted by Gasteiger charge is 2.56. The number of rotatable bonds is 4. The Morgan fingerprint density at radius 3 is 2.48 bits per heavy atom. The SMILES string of the molecule is N[C@@H](C(=O)N[C@@H]1C(=O)N2C(C(=O)O)=C(C(F)(F)F)CC[C@H]12)c1ccc(Cl)c(Cl)c1. The first-order valence-corrected chi connectivity index (χ1v) is 9.06. The first-order chi connectivity index (χ1) is 13.4. The number of β-lactam (4-membered cyclic amide) rings is 1. The lowest BCUT2D eigenvalue weighted by atomic mass is 9.83. The minimum atomic E-state index is -4.87. The van der Waals surface area contributed by atoms with Gasteiger partial charge in [0.25, 0.3) is 5.91 Å². The Morgan fingerprint density at radius 1 is 1.28 bits per heavy atom. The van der Waals surface area contributed by atoms with E-state index in [4.69, 9.17) is 28.9 Å². The molecule has 0 saturated carbocycles. The number of aliphatic carboxylic acids is 1. The van der Waals surface area contributed by atoms with E-state index in [0.717, 1.165) is 0 Å². The maximum atomic E-state index is 13.1. The predicted octanol–water partition coefficient (Wildman–Crippen LogP) is 2.38. The van der Waals surface area contributed by atoms with E-state index in [2.05, 4.69) is 5.32 Å². The van der Waals surface area contributed by atoms with E-state index in [1.807, 2.05) is 0 Å². The summed E-state index contributed by atoms with van der Waals surface area (Å²) in [5.74, 6) is -3.56. The number of nitrogens with one attached hydrogen (secondary N) is 1. The van der Waals surface area contributed by atoms with E-state index in [-0.39, 0.29) is 16.5 Å². The molecule has 0 aromatic heterocycles. The fourth-order valence-corrected chi connectivity index (χ4v) is 3.75. The third-order valence-corrected chi connectivity index (χ3v) is 5.60. The van der Waals surface area contributed by atoms with Gasteiger partial charge in [0.15, 0.2) is 0 Å². The average molecular weight is 452 g/mol. The molecule has 2 aliphatic rings. The summed E-state index contributed by atoms with van der Waals surface area (Å²) in [5, 5.41) is 12.0. The van der Waals surface area contributed by atoms with Crippen LogP contribution in [0, 0.1) is 0 Å². The number of carbonyl (C=O) groups excluding carboxylic acids is 2. The van der Waals surface area contributed by atoms with Gasteiger partial charge in [-0.3, -0.25) is 14.5 Å². The van der Waals surface area contributed by atoms with Gasteiger partial charge in [-0.05, 0) is 30.5 Å². The molecule has 0 aliphatic carbocycles. The molecule has 3 atom stereocenters. The number of carbonyl (C=O) groups is 3. The molecule has 1 saturated heterocycles. The van der Waals surface area contributed by atoms with Gasteiger partial charge in [0.2, 0.25) is 5.91 Å². The van der Waals surface area contributed by atoms with Crippen LogP contribution in [0.3, 0.4) is 0 Å². The quantitative estimate of drug-likeness (QED) is 0.608. The summed E-state index contributed by atoms with van der Waals surface area (Å²) < 4.78 is 39.3. The number of carboxylic acid groups (broad SMARTS) is 1. The molecule has 0 unspecified atom stereocenters. The Balaban J connectivity index is 1.77. The summed E-state index contributed by atoms with van der Waals surface area (Å²) in [7, 11) is 0. The van der Waals surface area contributed by atoms with Gasteiger partial charge >= 0.3 is 12.1 Å². The zero-order valence-electron chi connectivity index (χ0n) is 14.5. The topological polar surface area (TPSA) is 113 Å². The largest absolute Gasteiger partial charge is 0.477 e. The number of allylic oxidation sites excluding steroid dienone is 1. The number of benzene rings is 1. The van der Waals surface area contributed by atoms with Crippen LogP contribution in [0.15, 0.2) is 29.5 Å². The second-order valence-corrected chi connectivity index (χ2v) is 7.40. The van der Waals surface area contributed by atoms with Crippen molar-refractivity contribution < 1.29 is 32.7 Å². The van der Waals surface area contributed by atoms with Crippen LogP contribution < -0.4 is 11.1 Å². The molecule has 1 aromatic rings. The molecular formula is C17H14Cl2F3N3O4. The lowest BCUT2D eigenvalue weighted by Crippen LogP contribution is -2.72. The summed E-state index contributed by atoms with van der Waals surface area (Å²) in [6.45, 7) is 0. The number of nitrogens with zero attached hydrogens (tertiary/aromatic N) is 1. The van der Waals surface area contributed by atoms with Gasteiger partial charge in [0.05, 0.1) is 21.7 Å². The molecule has 1 fully saturated rings. The van der Waals surface area contributed by atoms with E-state index in [9.17, 15) is 32.7 Å². The Morgan fingerprint density at radius 2 is 1.93 bits per heavy atom. The zero-order valence-corrected chi connectivity index (χ0v) is 16.0. The molecule has 1 aromatic carbocycles. The van der Waals surface area contributed by atoms with Crippen LogP contribution >= 0.6 is 23.2 Å². The lowest BCUT2D eigenvalue weighted by molar-refractivity contribution is -0.159. The fourth-order valence-electron chi connectivity index (χ4n) is 3.44. The number of amides is 2. The molecule has 2 heterocycles. The Labute approximate surface area is 172 Å². The van der Waals surface area contributed by atoms with Crippen molar-refractivity contribution in [3.63, 3.8) is 0 Å². The van der Waals surface area contributed by atoms with E-state index in [0.29, 0.717) is 10.5 Å². The van der Waals surface area contributed by atoms with Gasteiger partial charge in [-0.1, -0.05) is 29.3 Å². The molecule has 2 amide bonds. The van der Waals surface area contributed by atoms with E-state index in [1.165, 1.54) is 18.2 Å². The minimum Gasteiger partial charge on any atom is -0.477 e. The van der Waals surface area contributed by atoms with Gasteiger partial charge in [0.1, 0.15) is 17.8 Å². The smallest absolute Gasteiger partial charge is 0.414 e. The number of hydrogen-bond acceptors (Lipinski definition) is 4. The van der Waals surface area contributed by atoms with Crippen molar-refractivity contribution in [2.45, 2.75) is 37.1 Å². The monoisotopic (exact) mass is 451 g/mol. The van der Waals surface area contributed by atoms with Crippen molar-refractivity contribution >= 4 is 41.0 Å². The maximum Gasteiger partial charge on any atom is 0.414 e.